The van der Waals surface area contributed by atoms with Gasteiger partial charge in [0, 0.05) is 12.7 Å². The van der Waals surface area contributed by atoms with Crippen LogP contribution < -0.4 is 10.6 Å². The SMILES string of the molecule is COC(=O)c1ccc(Cl)c(Nc2ccnc(NCCCN(C)C)n2)c1. The van der Waals surface area contributed by atoms with Crippen molar-refractivity contribution in [3.05, 3.63) is 41.0 Å². The summed E-state index contributed by atoms with van der Waals surface area (Å²) in [5.74, 6) is 0.684. The number of carbonyl (C=O) groups excluding carboxylic acids is 1. The summed E-state index contributed by atoms with van der Waals surface area (Å²) in [6, 6.07) is 6.60. The van der Waals surface area contributed by atoms with Crippen molar-refractivity contribution in [1.82, 2.24) is 14.9 Å². The Hall–Kier alpha value is -2.38. The number of ether oxygens (including phenoxy) is 1. The van der Waals surface area contributed by atoms with Gasteiger partial charge in [-0.15, -0.1) is 0 Å². The summed E-state index contributed by atoms with van der Waals surface area (Å²) in [6.45, 7) is 1.76. The Morgan fingerprint density at radius 1 is 1.32 bits per heavy atom. The average molecular weight is 364 g/mol. The summed E-state index contributed by atoms with van der Waals surface area (Å²) in [7, 11) is 5.41. The van der Waals surface area contributed by atoms with Crippen LogP contribution in [0.2, 0.25) is 5.02 Å². The molecule has 0 unspecified atom stereocenters. The number of esters is 1. The van der Waals surface area contributed by atoms with Crippen molar-refractivity contribution in [3.8, 4) is 0 Å². The lowest BCUT2D eigenvalue weighted by Crippen LogP contribution is -2.17. The summed E-state index contributed by atoms with van der Waals surface area (Å²) in [5.41, 5.74) is 0.979. The van der Waals surface area contributed by atoms with Crippen LogP contribution in [0.3, 0.4) is 0 Å². The van der Waals surface area contributed by atoms with E-state index in [1.165, 1.54) is 7.11 Å². The van der Waals surface area contributed by atoms with E-state index in [-0.39, 0.29) is 0 Å². The second-order valence-corrected chi connectivity index (χ2v) is 6.07. The van der Waals surface area contributed by atoms with Gasteiger partial charge in [0.25, 0.3) is 0 Å². The molecule has 2 aromatic rings. The Balaban J connectivity index is 2.05. The maximum Gasteiger partial charge on any atom is 0.337 e. The first-order valence-corrected chi connectivity index (χ1v) is 8.24. The maximum atomic E-state index is 11.6. The Bertz CT molecular complexity index is 724. The van der Waals surface area contributed by atoms with Gasteiger partial charge in [-0.2, -0.15) is 4.98 Å². The molecule has 0 saturated carbocycles. The van der Waals surface area contributed by atoms with Gasteiger partial charge in [0.05, 0.1) is 23.4 Å². The smallest absolute Gasteiger partial charge is 0.337 e. The van der Waals surface area contributed by atoms with Crippen molar-refractivity contribution < 1.29 is 9.53 Å². The van der Waals surface area contributed by atoms with Crippen LogP contribution in [0.5, 0.6) is 0 Å². The number of hydrogen-bond donors (Lipinski definition) is 2. The molecule has 25 heavy (non-hydrogen) atoms. The first-order chi connectivity index (χ1) is 12.0. The lowest BCUT2D eigenvalue weighted by molar-refractivity contribution is 0.0601. The quantitative estimate of drug-likeness (QED) is 0.551. The minimum Gasteiger partial charge on any atom is -0.465 e. The minimum atomic E-state index is -0.425. The number of anilines is 3. The number of halogens is 1. The van der Waals surface area contributed by atoms with E-state index >= 15 is 0 Å². The van der Waals surface area contributed by atoms with Gasteiger partial charge in [-0.25, -0.2) is 9.78 Å². The lowest BCUT2D eigenvalue weighted by Gasteiger charge is -2.12. The zero-order valence-corrected chi connectivity index (χ0v) is 15.3. The molecule has 0 amide bonds. The molecule has 2 rings (SSSR count). The van der Waals surface area contributed by atoms with E-state index in [4.69, 9.17) is 16.3 Å². The number of nitrogens with zero attached hydrogens (tertiary/aromatic N) is 3. The van der Waals surface area contributed by atoms with Gasteiger partial charge in [0.1, 0.15) is 5.82 Å². The molecular weight excluding hydrogens is 342 g/mol. The summed E-state index contributed by atoms with van der Waals surface area (Å²) < 4.78 is 4.72. The molecule has 1 heterocycles. The van der Waals surface area contributed by atoms with E-state index < -0.39 is 5.97 Å². The van der Waals surface area contributed by atoms with E-state index in [2.05, 4.69) is 25.5 Å². The molecule has 0 aliphatic rings. The highest BCUT2D eigenvalue weighted by molar-refractivity contribution is 6.33. The molecule has 8 heteroatoms. The van der Waals surface area contributed by atoms with Crippen LogP contribution in [0.15, 0.2) is 30.5 Å². The van der Waals surface area contributed by atoms with Crippen LogP contribution in [0.25, 0.3) is 0 Å². The second kappa shape index (κ2) is 9.19. The normalized spacial score (nSPS) is 10.6. The van der Waals surface area contributed by atoms with Crippen LogP contribution in [0, 0.1) is 0 Å². The van der Waals surface area contributed by atoms with Crippen molar-refractivity contribution in [1.29, 1.82) is 0 Å². The van der Waals surface area contributed by atoms with E-state index in [0.717, 1.165) is 19.5 Å². The van der Waals surface area contributed by atoms with Gasteiger partial charge in [0.2, 0.25) is 5.95 Å². The molecular formula is C17H22ClN5O2. The van der Waals surface area contributed by atoms with Gasteiger partial charge in [-0.05, 0) is 51.3 Å². The molecule has 134 valence electrons. The molecule has 2 N–H and O–H groups in total. The van der Waals surface area contributed by atoms with Crippen LogP contribution >= 0.6 is 11.6 Å². The summed E-state index contributed by atoms with van der Waals surface area (Å²) in [5, 5.41) is 6.76. The molecule has 0 bridgehead atoms. The van der Waals surface area contributed by atoms with Crippen molar-refractivity contribution in [2.45, 2.75) is 6.42 Å². The number of nitrogens with one attached hydrogen (secondary N) is 2. The molecule has 0 fully saturated rings. The van der Waals surface area contributed by atoms with Gasteiger partial charge < -0.3 is 20.3 Å². The third-order valence-electron chi connectivity index (χ3n) is 3.37. The van der Waals surface area contributed by atoms with E-state index in [0.29, 0.717) is 28.0 Å². The average Bonchev–Trinajstić information content (AvgIpc) is 2.60. The van der Waals surface area contributed by atoms with Crippen LogP contribution in [0.4, 0.5) is 17.5 Å². The Morgan fingerprint density at radius 3 is 2.84 bits per heavy atom. The first kappa shape index (κ1) is 19.0. The largest absolute Gasteiger partial charge is 0.465 e. The van der Waals surface area contributed by atoms with E-state index in [1.807, 2.05) is 14.1 Å². The van der Waals surface area contributed by atoms with Crippen molar-refractivity contribution >= 4 is 35.0 Å². The van der Waals surface area contributed by atoms with Crippen molar-refractivity contribution in [2.24, 2.45) is 0 Å². The van der Waals surface area contributed by atoms with Crippen molar-refractivity contribution in [2.75, 3.05) is 44.9 Å². The number of aromatic nitrogens is 2. The molecule has 0 saturated heterocycles. The fourth-order valence-corrected chi connectivity index (χ4v) is 2.28. The molecule has 1 aromatic heterocycles. The molecule has 0 radical (unpaired) electrons. The summed E-state index contributed by atoms with van der Waals surface area (Å²) >= 11 is 6.19. The molecule has 0 atom stereocenters. The predicted octanol–water partition coefficient (Wildman–Crippen LogP) is 3.02. The fraction of sp³-hybridized carbons (Fsp3) is 0.353. The minimum absolute atomic E-state index is 0.408. The molecule has 0 aliphatic carbocycles. The highest BCUT2D eigenvalue weighted by Gasteiger charge is 2.10. The third-order valence-corrected chi connectivity index (χ3v) is 3.70. The Labute approximate surface area is 152 Å². The predicted molar refractivity (Wildman–Crippen MR) is 99.8 cm³/mol. The van der Waals surface area contributed by atoms with E-state index in [1.54, 1.807) is 30.5 Å². The zero-order chi connectivity index (χ0) is 18.2. The Morgan fingerprint density at radius 2 is 2.12 bits per heavy atom. The van der Waals surface area contributed by atoms with Gasteiger partial charge in [-0.1, -0.05) is 11.6 Å². The van der Waals surface area contributed by atoms with Crippen LogP contribution in [-0.2, 0) is 4.74 Å². The Kier molecular flexibility index (Phi) is 6.97. The lowest BCUT2D eigenvalue weighted by atomic mass is 10.2. The molecule has 0 spiro atoms. The fourth-order valence-electron chi connectivity index (χ4n) is 2.11. The monoisotopic (exact) mass is 363 g/mol. The number of hydrogen-bond acceptors (Lipinski definition) is 7. The first-order valence-electron chi connectivity index (χ1n) is 7.86. The van der Waals surface area contributed by atoms with Gasteiger partial charge >= 0.3 is 5.97 Å². The van der Waals surface area contributed by atoms with Gasteiger partial charge in [-0.3, -0.25) is 0 Å². The van der Waals surface area contributed by atoms with E-state index in [9.17, 15) is 4.79 Å². The van der Waals surface area contributed by atoms with Crippen LogP contribution in [-0.4, -0.2) is 55.1 Å². The van der Waals surface area contributed by atoms with Crippen molar-refractivity contribution in [3.63, 3.8) is 0 Å². The third kappa shape index (κ3) is 5.88. The maximum absolute atomic E-state index is 11.6. The number of carbonyl (C=O) groups is 1. The summed E-state index contributed by atoms with van der Waals surface area (Å²) in [6.07, 6.45) is 2.64. The number of methoxy groups -OCH3 is 1. The van der Waals surface area contributed by atoms with Gasteiger partial charge in [0.15, 0.2) is 0 Å². The molecule has 0 aliphatic heterocycles. The number of benzene rings is 1. The second-order valence-electron chi connectivity index (χ2n) is 5.66. The van der Waals surface area contributed by atoms with Crippen LogP contribution in [0.1, 0.15) is 16.8 Å². The highest BCUT2D eigenvalue weighted by atomic mass is 35.5. The number of rotatable bonds is 8. The highest BCUT2D eigenvalue weighted by Crippen LogP contribution is 2.26. The topological polar surface area (TPSA) is 79.4 Å². The zero-order valence-electron chi connectivity index (χ0n) is 14.5. The standard InChI is InChI=1S/C17H22ClN5O2/c1-23(2)10-4-8-19-17-20-9-7-15(22-17)21-14-11-12(16(24)25-3)5-6-13(14)18/h5-7,9,11H,4,8,10H2,1-3H3,(H2,19,20,21,22). The molecule has 7 nitrogen and oxygen atoms in total. The molecule has 1 aromatic carbocycles. The summed E-state index contributed by atoms with van der Waals surface area (Å²) in [4.78, 5) is 22.4.